The summed E-state index contributed by atoms with van der Waals surface area (Å²) in [4.78, 5) is 25.5. The van der Waals surface area contributed by atoms with Gasteiger partial charge in [0, 0.05) is 34.4 Å². The number of carbonyl (C=O) groups excluding carboxylic acids is 1. The summed E-state index contributed by atoms with van der Waals surface area (Å²) in [6.07, 6.45) is -6.06. The minimum atomic E-state index is -4.99. The molecule has 2 heterocycles. The molecular formula is C46H65NO14SSi2. The van der Waals surface area contributed by atoms with Crippen LogP contribution in [0.4, 0.5) is 5.69 Å². The zero-order valence-electron chi connectivity index (χ0n) is 39.4. The zero-order chi connectivity index (χ0) is 47.7. The highest BCUT2D eigenvalue weighted by Crippen LogP contribution is 2.58. The number of methoxy groups -OCH3 is 1. The molecule has 2 fully saturated rings. The van der Waals surface area contributed by atoms with Gasteiger partial charge in [-0.25, -0.2) is 0 Å². The van der Waals surface area contributed by atoms with Gasteiger partial charge in [-0.15, -0.1) is 0 Å². The molecule has 2 saturated heterocycles. The molecule has 0 radical (unpaired) electrons. The lowest BCUT2D eigenvalue weighted by atomic mass is 9.68. The number of ether oxygens (including phenoxy) is 3. The number of nitro groups is 1. The average Bonchev–Trinajstić information content (AvgIpc) is 3.19. The van der Waals surface area contributed by atoms with Crippen LogP contribution in [0.3, 0.4) is 0 Å². The molecule has 6 rings (SSSR count). The normalized spacial score (nSPS) is 24.9. The Morgan fingerprint density at radius 2 is 1.52 bits per heavy atom. The number of rotatable bonds is 13. The lowest BCUT2D eigenvalue weighted by molar-refractivity contribution is -0.387. The number of para-hydroxylation sites is 1. The van der Waals surface area contributed by atoms with Gasteiger partial charge in [-0.3, -0.25) is 14.9 Å². The minimum absolute atomic E-state index is 0.00351. The van der Waals surface area contributed by atoms with E-state index in [0.717, 1.165) is 12.1 Å². The van der Waals surface area contributed by atoms with Crippen LogP contribution in [0.15, 0.2) is 59.5 Å². The number of carbonyl (C=O) groups is 1. The molecule has 0 amide bonds. The second kappa shape index (κ2) is 17.6. The van der Waals surface area contributed by atoms with E-state index in [9.17, 15) is 28.7 Å². The van der Waals surface area contributed by atoms with E-state index in [4.69, 9.17) is 31.7 Å². The number of nitro benzene ring substituents is 1. The quantitative estimate of drug-likeness (QED) is 0.0543. The molecule has 3 aromatic carbocycles. The minimum Gasteiger partial charge on any atom is -0.467 e. The standard InChI is InChI=1S/C46H65NO14SSi2/c1-26(2)63(27(3)4,28(5)6)60-42-40(49)43(58-35-24-57-64(44(8,9)10,45(11,12)13)61-41(35)42)46(50)30-18-17-20-33(56-25-55-14)37(30)39(48)38-31(46)22-29(7)23-34(38)59-62(53,54)36-21-16-15-19-32(36)47(51)52/h15-23,26-28,35,40-43,49-50H,24-25H2,1-14H3/t35-,40-,41-,42-,43-,46+/m1/s1. The lowest BCUT2D eigenvalue weighted by Gasteiger charge is -2.60. The Hall–Kier alpha value is -3.57. The molecule has 2 aliphatic heterocycles. The Labute approximate surface area is 379 Å². The van der Waals surface area contributed by atoms with Gasteiger partial charge in [-0.05, 0) is 47.3 Å². The molecule has 3 aliphatic rings. The maximum atomic E-state index is 15.1. The van der Waals surface area contributed by atoms with Crippen molar-refractivity contribution in [3.63, 3.8) is 0 Å². The summed E-state index contributed by atoms with van der Waals surface area (Å²) in [5, 5.41) is 38.2. The molecule has 6 atom stereocenters. The van der Waals surface area contributed by atoms with E-state index in [1.165, 1.54) is 43.5 Å². The van der Waals surface area contributed by atoms with Gasteiger partial charge >= 0.3 is 18.7 Å². The smallest absolute Gasteiger partial charge is 0.349 e. The number of hydrogen-bond donors (Lipinski definition) is 2. The van der Waals surface area contributed by atoms with Crippen LogP contribution in [0.1, 0.15) is 116 Å². The van der Waals surface area contributed by atoms with Crippen molar-refractivity contribution in [3.05, 3.63) is 92.5 Å². The molecule has 18 heteroatoms. The fraction of sp³-hybridized carbons (Fsp3) is 0.587. The largest absolute Gasteiger partial charge is 0.467 e. The van der Waals surface area contributed by atoms with E-state index in [1.807, 2.05) is 0 Å². The summed E-state index contributed by atoms with van der Waals surface area (Å²) in [5.41, 5.74) is -3.28. The van der Waals surface area contributed by atoms with Crippen molar-refractivity contribution in [3.8, 4) is 11.5 Å². The number of hydrogen-bond acceptors (Lipinski definition) is 14. The summed E-state index contributed by atoms with van der Waals surface area (Å²) in [6.45, 7) is 26.7. The third-order valence-electron chi connectivity index (χ3n) is 13.3. The molecule has 352 valence electrons. The molecule has 0 unspecified atom stereocenters. The van der Waals surface area contributed by atoms with Crippen molar-refractivity contribution in [2.45, 2.75) is 158 Å². The van der Waals surface area contributed by atoms with Crippen LogP contribution in [0.5, 0.6) is 11.5 Å². The number of fused-ring (bicyclic) bond motifs is 3. The lowest BCUT2D eigenvalue weighted by Crippen LogP contribution is -2.74. The van der Waals surface area contributed by atoms with Crippen LogP contribution in [0, 0.1) is 17.0 Å². The molecule has 0 spiro atoms. The van der Waals surface area contributed by atoms with Gasteiger partial charge in [0.15, 0.2) is 17.4 Å². The molecule has 2 N–H and O–H groups in total. The van der Waals surface area contributed by atoms with E-state index < -0.39 is 100 Å². The van der Waals surface area contributed by atoms with Gasteiger partial charge in [-0.1, -0.05) is 113 Å². The SMILES string of the molecule is COCOc1cccc2c1C(=O)c1c(OS(=O)(=O)c3ccccc3[N+](=O)[O-])cc(C)cc1[C@]2(O)[C@@H]1O[C@@H]2CO[Si](C(C)(C)C)(C(C)(C)C)O[C@H]2[C@H](O[Si](C(C)C)(C(C)C)C(C)C)[C@H]1O. The van der Waals surface area contributed by atoms with Crippen LogP contribution >= 0.6 is 0 Å². The summed E-state index contributed by atoms with van der Waals surface area (Å²) >= 11 is 0. The number of nitrogens with zero attached hydrogens (tertiary/aromatic N) is 1. The van der Waals surface area contributed by atoms with Gasteiger partial charge < -0.3 is 41.9 Å². The van der Waals surface area contributed by atoms with E-state index in [0.29, 0.717) is 5.56 Å². The van der Waals surface area contributed by atoms with Gasteiger partial charge in [0.2, 0.25) is 14.1 Å². The Morgan fingerprint density at radius 1 is 0.922 bits per heavy atom. The Bertz CT molecular complexity index is 2340. The topological polar surface area (TPSA) is 199 Å². The van der Waals surface area contributed by atoms with Crippen molar-refractivity contribution in [2.75, 3.05) is 20.5 Å². The fourth-order valence-electron chi connectivity index (χ4n) is 10.9. The summed E-state index contributed by atoms with van der Waals surface area (Å²) in [5.74, 6) is -1.31. The van der Waals surface area contributed by atoms with Crippen molar-refractivity contribution >= 4 is 38.5 Å². The van der Waals surface area contributed by atoms with E-state index in [-0.39, 0.29) is 58.0 Å². The summed E-state index contributed by atoms with van der Waals surface area (Å²) in [6, 6.07) is 12.1. The molecule has 1 aliphatic carbocycles. The van der Waals surface area contributed by atoms with E-state index in [1.54, 1.807) is 13.0 Å². The summed E-state index contributed by atoms with van der Waals surface area (Å²) in [7, 11) is -9.70. The van der Waals surface area contributed by atoms with Gasteiger partial charge in [-0.2, -0.15) is 8.42 Å². The summed E-state index contributed by atoms with van der Waals surface area (Å²) < 4.78 is 73.7. The average molecular weight is 944 g/mol. The van der Waals surface area contributed by atoms with Gasteiger partial charge in [0.1, 0.15) is 41.9 Å². The third kappa shape index (κ3) is 8.08. The maximum absolute atomic E-state index is 15.1. The van der Waals surface area contributed by atoms with E-state index >= 15 is 4.79 Å². The second-order valence-corrected chi connectivity index (χ2v) is 31.9. The molecule has 0 bridgehead atoms. The molecule has 3 aromatic rings. The predicted octanol–water partition coefficient (Wildman–Crippen LogP) is 8.58. The molecule has 0 aromatic heterocycles. The van der Waals surface area contributed by atoms with Crippen LogP contribution in [-0.4, -0.2) is 97.2 Å². The van der Waals surface area contributed by atoms with E-state index in [2.05, 4.69) is 83.1 Å². The molecule has 15 nitrogen and oxygen atoms in total. The van der Waals surface area contributed by atoms with Crippen LogP contribution in [0.25, 0.3) is 0 Å². The Kier molecular flexibility index (Phi) is 13.7. The Balaban J connectivity index is 1.63. The van der Waals surface area contributed by atoms with Crippen molar-refractivity contribution in [1.29, 1.82) is 0 Å². The second-order valence-electron chi connectivity index (χ2n) is 20.3. The highest BCUT2D eigenvalue weighted by molar-refractivity contribution is 7.87. The number of aryl methyl sites for hydroxylation is 1. The number of ketones is 1. The first kappa shape index (κ1) is 49.9. The van der Waals surface area contributed by atoms with Gasteiger partial charge in [0.25, 0.3) is 5.69 Å². The molecule has 0 saturated carbocycles. The highest BCUT2D eigenvalue weighted by Gasteiger charge is 2.68. The van der Waals surface area contributed by atoms with Crippen molar-refractivity contribution < 1.29 is 60.0 Å². The van der Waals surface area contributed by atoms with Crippen LogP contribution < -0.4 is 8.92 Å². The van der Waals surface area contributed by atoms with Gasteiger partial charge in [0.05, 0.1) is 22.7 Å². The first-order chi connectivity index (χ1) is 29.6. The number of aliphatic hydroxyl groups is 2. The number of aliphatic hydroxyl groups excluding tert-OH is 1. The third-order valence-corrected chi connectivity index (χ3v) is 25.8. The Morgan fingerprint density at radius 3 is 2.08 bits per heavy atom. The zero-order valence-corrected chi connectivity index (χ0v) is 42.2. The first-order valence-electron chi connectivity index (χ1n) is 21.8. The molecular weight excluding hydrogens is 879 g/mol. The fourth-order valence-corrected chi connectivity index (χ4v) is 22.5. The van der Waals surface area contributed by atoms with Crippen LogP contribution in [-0.2, 0) is 38.5 Å². The highest BCUT2D eigenvalue weighted by atomic mass is 32.2. The predicted molar refractivity (Wildman–Crippen MR) is 244 cm³/mol. The van der Waals surface area contributed by atoms with Crippen molar-refractivity contribution in [2.24, 2.45) is 0 Å². The van der Waals surface area contributed by atoms with Crippen molar-refractivity contribution in [1.82, 2.24) is 0 Å². The monoisotopic (exact) mass is 943 g/mol. The molecule has 64 heavy (non-hydrogen) atoms. The maximum Gasteiger partial charge on any atom is 0.349 e. The number of benzene rings is 3. The first-order valence-corrected chi connectivity index (χ1v) is 27.2. The van der Waals surface area contributed by atoms with Crippen LogP contribution in [0.2, 0.25) is 26.7 Å².